The molecule has 0 saturated heterocycles. The molecule has 0 amide bonds. The number of nitrogens with one attached hydrogen (secondary N) is 2. The van der Waals surface area contributed by atoms with Crippen molar-refractivity contribution in [3.05, 3.63) is 59.1 Å². The van der Waals surface area contributed by atoms with E-state index < -0.39 is 5.82 Å². The van der Waals surface area contributed by atoms with Crippen LogP contribution in [0, 0.1) is 22.6 Å². The van der Waals surface area contributed by atoms with Gasteiger partial charge in [-0.25, -0.2) is 4.39 Å². The van der Waals surface area contributed by atoms with Crippen LogP contribution >= 0.6 is 0 Å². The molecule has 0 aliphatic heterocycles. The van der Waals surface area contributed by atoms with E-state index in [0.717, 1.165) is 29.0 Å². The second-order valence-corrected chi connectivity index (χ2v) is 9.01. The summed E-state index contributed by atoms with van der Waals surface area (Å²) in [6.45, 7) is 6.86. The van der Waals surface area contributed by atoms with Crippen molar-refractivity contribution in [3.63, 3.8) is 0 Å². The van der Waals surface area contributed by atoms with E-state index in [9.17, 15) is 4.39 Å². The first-order chi connectivity index (χ1) is 16.0. The molecule has 0 radical (unpaired) electrons. The summed E-state index contributed by atoms with van der Waals surface area (Å²) in [5.41, 5.74) is 10.6. The van der Waals surface area contributed by atoms with Gasteiger partial charge in [0.2, 0.25) is 0 Å². The van der Waals surface area contributed by atoms with Crippen LogP contribution in [0.3, 0.4) is 0 Å². The predicted molar refractivity (Wildman–Crippen MR) is 137 cm³/mol. The Kier molecular flexibility index (Phi) is 9.74. The molecular weight excluding hydrogens is 431 g/mol. The zero-order chi connectivity index (χ0) is 25.4. The highest BCUT2D eigenvalue weighted by Crippen LogP contribution is 2.31. The Morgan fingerprint density at radius 2 is 1.94 bits per heavy atom. The quantitative estimate of drug-likeness (QED) is 0.358. The molecule has 1 heterocycles. The maximum Gasteiger partial charge on any atom is 0.130 e. The minimum Gasteiger partial charge on any atom is -0.492 e. The lowest BCUT2D eigenvalue weighted by molar-refractivity contribution is 0.322. The molecular formula is C26H37FN6O. The molecule has 2 aromatic rings. The summed E-state index contributed by atoms with van der Waals surface area (Å²) in [5, 5.41) is 16.5. The fourth-order valence-electron chi connectivity index (χ4n) is 3.65. The second-order valence-electron chi connectivity index (χ2n) is 9.01. The van der Waals surface area contributed by atoms with E-state index in [1.807, 2.05) is 25.9 Å². The fourth-order valence-corrected chi connectivity index (χ4v) is 3.65. The van der Waals surface area contributed by atoms with Gasteiger partial charge < -0.3 is 15.4 Å². The van der Waals surface area contributed by atoms with Gasteiger partial charge in [0.25, 0.3) is 0 Å². The first kappa shape index (κ1) is 27.0. The normalized spacial score (nSPS) is 12.8. The second kappa shape index (κ2) is 12.3. The Balaban J connectivity index is 2.34. The lowest BCUT2D eigenvalue weighted by atomic mass is 9.99. The van der Waals surface area contributed by atoms with Crippen molar-refractivity contribution in [1.82, 2.24) is 9.47 Å². The van der Waals surface area contributed by atoms with Gasteiger partial charge in [-0.2, -0.15) is 0 Å². The Hall–Kier alpha value is -3.26. The molecule has 7 nitrogen and oxygen atoms in total. The minimum atomic E-state index is -0.398. The van der Waals surface area contributed by atoms with E-state index >= 15 is 0 Å². The predicted octanol–water partition coefficient (Wildman–Crippen LogP) is 4.28. The number of pyridine rings is 1. The molecule has 0 saturated carbocycles. The van der Waals surface area contributed by atoms with E-state index in [1.165, 1.54) is 16.7 Å². The molecule has 1 aromatic heterocycles. The Morgan fingerprint density at radius 3 is 2.56 bits per heavy atom. The van der Waals surface area contributed by atoms with Crippen LogP contribution < -0.4 is 16.0 Å². The van der Waals surface area contributed by atoms with E-state index in [1.54, 1.807) is 31.4 Å². The molecule has 184 valence electrons. The van der Waals surface area contributed by atoms with Gasteiger partial charge in [-0.1, -0.05) is 13.8 Å². The third kappa shape index (κ3) is 7.38. The van der Waals surface area contributed by atoms with Crippen molar-refractivity contribution in [1.29, 1.82) is 10.8 Å². The smallest absolute Gasteiger partial charge is 0.130 e. The number of benzene rings is 1. The first-order valence-electron chi connectivity index (χ1n) is 11.4. The van der Waals surface area contributed by atoms with Crippen LogP contribution in [-0.4, -0.2) is 55.3 Å². The highest BCUT2D eigenvalue weighted by Gasteiger charge is 2.13. The average Bonchev–Trinajstić information content (AvgIpc) is 2.75. The van der Waals surface area contributed by atoms with Gasteiger partial charge >= 0.3 is 0 Å². The molecule has 4 N–H and O–H groups in total. The Morgan fingerprint density at radius 1 is 1.24 bits per heavy atom. The van der Waals surface area contributed by atoms with Gasteiger partial charge in [-0.05, 0) is 63.2 Å². The number of ether oxygens (including phenoxy) is 1. The van der Waals surface area contributed by atoms with Gasteiger partial charge in [-0.3, -0.25) is 20.4 Å². The van der Waals surface area contributed by atoms with Crippen molar-refractivity contribution in [3.8, 4) is 16.9 Å². The molecule has 0 aliphatic carbocycles. The maximum atomic E-state index is 14.1. The largest absolute Gasteiger partial charge is 0.492 e. The number of halogens is 1. The summed E-state index contributed by atoms with van der Waals surface area (Å²) < 4.78 is 21.7. The molecule has 1 aromatic carbocycles. The van der Waals surface area contributed by atoms with Crippen LogP contribution in [0.25, 0.3) is 11.1 Å². The number of rotatable bonds is 10. The first-order valence-corrected chi connectivity index (χ1v) is 11.4. The highest BCUT2D eigenvalue weighted by atomic mass is 19.1. The summed E-state index contributed by atoms with van der Waals surface area (Å²) in [5.74, 6) is 0.696. The van der Waals surface area contributed by atoms with Crippen LogP contribution in [-0.2, 0) is 0 Å². The number of hydrogen-bond acceptors (Lipinski definition) is 6. The van der Waals surface area contributed by atoms with Crippen LogP contribution in [0.4, 0.5) is 4.39 Å². The lowest BCUT2D eigenvalue weighted by Gasteiger charge is -2.17. The van der Waals surface area contributed by atoms with Crippen molar-refractivity contribution in [2.24, 2.45) is 16.6 Å². The number of aromatic nitrogens is 1. The molecule has 0 bridgehead atoms. The number of allylic oxidation sites excluding steroid dienone is 1. The Labute approximate surface area is 201 Å². The summed E-state index contributed by atoms with van der Waals surface area (Å²) >= 11 is 0. The van der Waals surface area contributed by atoms with Gasteiger partial charge in [0.05, 0.1) is 13.2 Å². The summed E-state index contributed by atoms with van der Waals surface area (Å²) in [4.78, 5) is 6.16. The van der Waals surface area contributed by atoms with E-state index in [0.29, 0.717) is 36.8 Å². The van der Waals surface area contributed by atoms with Gasteiger partial charge in [0, 0.05) is 48.3 Å². The van der Waals surface area contributed by atoms with Crippen molar-refractivity contribution in [2.75, 3.05) is 34.3 Å². The molecule has 2 rings (SSSR count). The lowest BCUT2D eigenvalue weighted by Crippen LogP contribution is -2.33. The van der Waals surface area contributed by atoms with E-state index in [2.05, 4.69) is 18.8 Å². The average molecular weight is 469 g/mol. The van der Waals surface area contributed by atoms with Crippen LogP contribution in [0.2, 0.25) is 0 Å². The maximum absolute atomic E-state index is 14.1. The van der Waals surface area contributed by atoms with Gasteiger partial charge in [0.15, 0.2) is 0 Å². The topological polar surface area (TPSA) is 103 Å². The summed E-state index contributed by atoms with van der Waals surface area (Å²) in [7, 11) is 5.48. The van der Waals surface area contributed by atoms with E-state index in [4.69, 9.17) is 21.3 Å². The number of likely N-dealkylation sites (N-methyl/N-ethyl adjacent to an activating group) is 1. The summed E-state index contributed by atoms with van der Waals surface area (Å²) in [6.07, 6.45) is 3.04. The highest BCUT2D eigenvalue weighted by molar-refractivity contribution is 5.98. The van der Waals surface area contributed by atoms with Crippen LogP contribution in [0.15, 0.2) is 52.8 Å². The SMILES string of the molecule is CN=C(C)/C(CCOc1cc(F)ccc1-c1ccc(=N)n(C(=N)CN(C)C)c1)=C(\N)CC(C)C. The third-order valence-electron chi connectivity index (χ3n) is 5.36. The standard InChI is InChI=1S/C26H37FN6O/c1-17(2)13-23(28)21(18(3)31-4)11-12-34-24-14-20(27)8-9-22(24)19-7-10-25(29)33(15-19)26(30)16-32(5)6/h7-10,14-15,17,29-30H,11-13,16,28H2,1-6H3/b23-21-,29-25?,30-26?,31-18?. The number of hydrogen-bond donors (Lipinski definition) is 3. The van der Waals surface area contributed by atoms with E-state index in [-0.39, 0.29) is 11.3 Å². The van der Waals surface area contributed by atoms with Crippen molar-refractivity contribution in [2.45, 2.75) is 33.6 Å². The van der Waals surface area contributed by atoms with Gasteiger partial charge in [0.1, 0.15) is 22.9 Å². The molecule has 0 fully saturated rings. The molecule has 0 spiro atoms. The number of aliphatic imine (C=N–C) groups is 1. The molecule has 34 heavy (non-hydrogen) atoms. The molecule has 0 aliphatic rings. The number of nitrogens with two attached hydrogens (primary N) is 1. The van der Waals surface area contributed by atoms with Gasteiger partial charge in [-0.15, -0.1) is 0 Å². The zero-order valence-corrected chi connectivity index (χ0v) is 21.1. The zero-order valence-electron chi connectivity index (χ0n) is 21.1. The molecule has 0 unspecified atom stereocenters. The minimum absolute atomic E-state index is 0.199. The van der Waals surface area contributed by atoms with Crippen LogP contribution in [0.1, 0.15) is 33.6 Å². The van der Waals surface area contributed by atoms with Crippen molar-refractivity contribution < 1.29 is 9.13 Å². The summed E-state index contributed by atoms with van der Waals surface area (Å²) in [6, 6.07) is 7.81. The number of nitrogens with zero attached hydrogens (tertiary/aromatic N) is 3. The molecule has 8 heteroatoms. The Bertz CT molecular complexity index is 1130. The van der Waals surface area contributed by atoms with Crippen LogP contribution in [0.5, 0.6) is 5.75 Å². The molecule has 0 atom stereocenters. The fraction of sp³-hybridized carbons (Fsp3) is 0.423. The monoisotopic (exact) mass is 468 g/mol. The van der Waals surface area contributed by atoms with Crippen molar-refractivity contribution >= 4 is 11.5 Å². The third-order valence-corrected chi connectivity index (χ3v) is 5.36.